The Bertz CT molecular complexity index is 609. The van der Waals surface area contributed by atoms with Gasteiger partial charge in [0.25, 0.3) is 0 Å². The molecular weight excluding hydrogens is 298 g/mol. The molecule has 5 nitrogen and oxygen atoms in total. The van der Waals surface area contributed by atoms with Crippen LogP contribution in [0.3, 0.4) is 0 Å². The first kappa shape index (κ1) is 16.9. The van der Waals surface area contributed by atoms with E-state index in [1.54, 1.807) is 0 Å². The molecule has 1 rings (SSSR count). The average molecular weight is 316 g/mol. The molecule has 0 aliphatic rings. The zero-order valence-electron chi connectivity index (χ0n) is 11.4. The lowest BCUT2D eigenvalue weighted by molar-refractivity contribution is 0.465. The number of sulfonamides is 1. The zero-order chi connectivity index (χ0) is 15.3. The zero-order valence-corrected chi connectivity index (χ0v) is 13.0. The van der Waals surface area contributed by atoms with Crippen molar-refractivity contribution in [1.29, 1.82) is 5.26 Å². The predicted octanol–water partition coefficient (Wildman–Crippen LogP) is 1.86. The molecule has 1 aromatic rings. The van der Waals surface area contributed by atoms with Gasteiger partial charge in [-0.05, 0) is 30.5 Å². The van der Waals surface area contributed by atoms with Crippen LogP contribution >= 0.6 is 11.6 Å². The highest BCUT2D eigenvalue weighted by Crippen LogP contribution is 2.21. The van der Waals surface area contributed by atoms with E-state index in [2.05, 4.69) is 4.72 Å². The standard InChI is InChI=1S/C13H18ClN3O2S/c1-9(2)5-12(8-16)17-20(18,19)13-6-11(14)4-3-10(13)7-15/h3-4,6,9,12,17H,5,8,16H2,1-2H3. The van der Waals surface area contributed by atoms with Gasteiger partial charge in [-0.15, -0.1) is 0 Å². The molecule has 0 radical (unpaired) electrons. The first-order valence-electron chi connectivity index (χ1n) is 6.22. The van der Waals surface area contributed by atoms with Crippen molar-refractivity contribution in [2.75, 3.05) is 6.54 Å². The maximum absolute atomic E-state index is 12.3. The molecule has 0 aromatic heterocycles. The SMILES string of the molecule is CC(C)CC(CN)NS(=O)(=O)c1cc(Cl)ccc1C#N. The van der Waals surface area contributed by atoms with Crippen molar-refractivity contribution < 1.29 is 8.42 Å². The second kappa shape index (κ2) is 7.04. The second-order valence-electron chi connectivity index (χ2n) is 4.94. The molecular formula is C13H18ClN3O2S. The number of benzene rings is 1. The fourth-order valence-corrected chi connectivity index (χ4v) is 3.54. The summed E-state index contributed by atoms with van der Waals surface area (Å²) in [6.07, 6.45) is 0.623. The lowest BCUT2D eigenvalue weighted by Crippen LogP contribution is -2.41. The van der Waals surface area contributed by atoms with E-state index in [-0.39, 0.29) is 28.1 Å². The normalized spacial score (nSPS) is 13.2. The van der Waals surface area contributed by atoms with E-state index in [4.69, 9.17) is 22.6 Å². The molecule has 1 aromatic carbocycles. The number of hydrogen-bond donors (Lipinski definition) is 2. The van der Waals surface area contributed by atoms with E-state index in [0.29, 0.717) is 12.3 Å². The molecule has 0 bridgehead atoms. The van der Waals surface area contributed by atoms with Gasteiger partial charge in [-0.25, -0.2) is 13.1 Å². The Morgan fingerprint density at radius 2 is 2.10 bits per heavy atom. The molecule has 1 atom stereocenters. The summed E-state index contributed by atoms with van der Waals surface area (Å²) in [6.45, 7) is 4.16. The van der Waals surface area contributed by atoms with Gasteiger partial charge in [-0.1, -0.05) is 25.4 Å². The van der Waals surface area contributed by atoms with Gasteiger partial charge in [-0.2, -0.15) is 5.26 Å². The highest BCUT2D eigenvalue weighted by molar-refractivity contribution is 7.89. The summed E-state index contributed by atoms with van der Waals surface area (Å²) < 4.78 is 27.2. The van der Waals surface area contributed by atoms with Gasteiger partial charge in [0.1, 0.15) is 11.0 Å². The van der Waals surface area contributed by atoms with Gasteiger partial charge < -0.3 is 5.73 Å². The maximum atomic E-state index is 12.3. The summed E-state index contributed by atoms with van der Waals surface area (Å²) in [6, 6.07) is 5.62. The van der Waals surface area contributed by atoms with Crippen molar-refractivity contribution in [2.24, 2.45) is 11.7 Å². The summed E-state index contributed by atoms with van der Waals surface area (Å²) in [5.74, 6) is 0.307. The third-order valence-electron chi connectivity index (χ3n) is 2.72. The van der Waals surface area contributed by atoms with Crippen molar-refractivity contribution in [3.63, 3.8) is 0 Å². The first-order valence-corrected chi connectivity index (χ1v) is 8.08. The van der Waals surface area contributed by atoms with Crippen LogP contribution in [0.4, 0.5) is 0 Å². The Morgan fingerprint density at radius 3 is 2.60 bits per heavy atom. The third kappa shape index (κ3) is 4.46. The Balaban J connectivity index is 3.11. The number of hydrogen-bond acceptors (Lipinski definition) is 4. The number of nitrogens with one attached hydrogen (secondary N) is 1. The molecule has 1 unspecified atom stereocenters. The van der Waals surface area contributed by atoms with Gasteiger partial charge in [0, 0.05) is 17.6 Å². The van der Waals surface area contributed by atoms with Crippen LogP contribution in [0, 0.1) is 17.2 Å². The predicted molar refractivity (Wildman–Crippen MR) is 78.8 cm³/mol. The molecule has 0 spiro atoms. The van der Waals surface area contributed by atoms with Gasteiger partial charge in [0.05, 0.1) is 5.56 Å². The van der Waals surface area contributed by atoms with Crippen molar-refractivity contribution >= 4 is 21.6 Å². The Hall–Kier alpha value is -1.13. The highest BCUT2D eigenvalue weighted by Gasteiger charge is 2.23. The second-order valence-corrected chi connectivity index (χ2v) is 7.05. The summed E-state index contributed by atoms with van der Waals surface area (Å²) >= 11 is 5.81. The Labute approximate surface area is 124 Å². The minimum Gasteiger partial charge on any atom is -0.329 e. The summed E-state index contributed by atoms with van der Waals surface area (Å²) in [4.78, 5) is -0.116. The first-order chi connectivity index (χ1) is 9.30. The van der Waals surface area contributed by atoms with Gasteiger partial charge >= 0.3 is 0 Å². The van der Waals surface area contributed by atoms with Gasteiger partial charge in [0.15, 0.2) is 0 Å². The minimum absolute atomic E-state index is 0.0576. The van der Waals surface area contributed by atoms with Crippen LogP contribution < -0.4 is 10.5 Å². The molecule has 0 saturated heterocycles. The lowest BCUT2D eigenvalue weighted by atomic mass is 10.1. The van der Waals surface area contributed by atoms with Crippen LogP contribution in [0.15, 0.2) is 23.1 Å². The van der Waals surface area contributed by atoms with Crippen LogP contribution in [-0.2, 0) is 10.0 Å². The molecule has 0 aliphatic heterocycles. The largest absolute Gasteiger partial charge is 0.329 e. The summed E-state index contributed by atoms with van der Waals surface area (Å²) in [5.41, 5.74) is 5.65. The monoisotopic (exact) mass is 315 g/mol. The average Bonchev–Trinajstić information content (AvgIpc) is 2.37. The van der Waals surface area contributed by atoms with Crippen molar-refractivity contribution in [1.82, 2.24) is 4.72 Å². The summed E-state index contributed by atoms with van der Waals surface area (Å²) in [5, 5.41) is 9.26. The van der Waals surface area contributed by atoms with Gasteiger partial charge in [-0.3, -0.25) is 0 Å². The van der Waals surface area contributed by atoms with Crippen LogP contribution in [0.2, 0.25) is 5.02 Å². The molecule has 3 N–H and O–H groups in total. The fraction of sp³-hybridized carbons (Fsp3) is 0.462. The van der Waals surface area contributed by atoms with Crippen molar-refractivity contribution in [3.05, 3.63) is 28.8 Å². The Morgan fingerprint density at radius 1 is 1.45 bits per heavy atom. The lowest BCUT2D eigenvalue weighted by Gasteiger charge is -2.19. The quantitative estimate of drug-likeness (QED) is 0.837. The van der Waals surface area contributed by atoms with E-state index in [1.165, 1.54) is 18.2 Å². The van der Waals surface area contributed by atoms with Crippen molar-refractivity contribution in [3.8, 4) is 6.07 Å². The molecule has 0 saturated carbocycles. The molecule has 0 heterocycles. The van der Waals surface area contributed by atoms with E-state index in [1.807, 2.05) is 19.9 Å². The number of rotatable bonds is 6. The van der Waals surface area contributed by atoms with Gasteiger partial charge in [0.2, 0.25) is 10.0 Å². The van der Waals surface area contributed by atoms with E-state index >= 15 is 0 Å². The fourth-order valence-electron chi connectivity index (χ4n) is 1.86. The molecule has 7 heteroatoms. The van der Waals surface area contributed by atoms with Crippen LogP contribution in [-0.4, -0.2) is 21.0 Å². The van der Waals surface area contributed by atoms with E-state index < -0.39 is 10.0 Å². The maximum Gasteiger partial charge on any atom is 0.242 e. The number of nitriles is 1. The van der Waals surface area contributed by atoms with Crippen LogP contribution in [0.1, 0.15) is 25.8 Å². The topological polar surface area (TPSA) is 96.0 Å². The molecule has 0 amide bonds. The smallest absolute Gasteiger partial charge is 0.242 e. The molecule has 110 valence electrons. The molecule has 0 fully saturated rings. The van der Waals surface area contributed by atoms with Crippen LogP contribution in [0.25, 0.3) is 0 Å². The minimum atomic E-state index is -3.82. The van der Waals surface area contributed by atoms with E-state index in [9.17, 15) is 8.42 Å². The summed E-state index contributed by atoms with van der Waals surface area (Å²) in [7, 11) is -3.82. The van der Waals surface area contributed by atoms with Crippen molar-refractivity contribution in [2.45, 2.75) is 31.2 Å². The number of nitrogens with two attached hydrogens (primary N) is 1. The number of halogens is 1. The van der Waals surface area contributed by atoms with Crippen LogP contribution in [0.5, 0.6) is 0 Å². The molecule has 0 aliphatic carbocycles. The van der Waals surface area contributed by atoms with E-state index in [0.717, 1.165) is 0 Å². The molecule has 20 heavy (non-hydrogen) atoms. The number of nitrogens with zero attached hydrogens (tertiary/aromatic N) is 1. The third-order valence-corrected chi connectivity index (χ3v) is 4.51. The Kier molecular flexibility index (Phi) is 5.96. The highest BCUT2D eigenvalue weighted by atomic mass is 35.5.